The quantitative estimate of drug-likeness (QED) is 0.123. The molecule has 6 aromatic carbocycles. The molecule has 0 unspecified atom stereocenters. The van der Waals surface area contributed by atoms with Crippen molar-refractivity contribution in [1.82, 2.24) is 0 Å². The van der Waals surface area contributed by atoms with Crippen molar-refractivity contribution in [2.75, 3.05) is 14.2 Å². The van der Waals surface area contributed by atoms with Gasteiger partial charge in [0.25, 0.3) is 0 Å². The van der Waals surface area contributed by atoms with Gasteiger partial charge in [-0.1, -0.05) is 34.4 Å². The molecule has 0 aliphatic carbocycles. The van der Waals surface area contributed by atoms with Crippen molar-refractivity contribution in [2.45, 2.75) is 68.5 Å². The van der Waals surface area contributed by atoms with E-state index in [1.165, 1.54) is 54.9 Å². The Labute approximate surface area is 358 Å². The van der Waals surface area contributed by atoms with Gasteiger partial charge >= 0.3 is 53.5 Å². The van der Waals surface area contributed by atoms with E-state index in [9.17, 15) is 0 Å². The molecule has 2 heterocycles. The number of hydrogen-bond acceptors (Lipinski definition) is 4. The van der Waals surface area contributed by atoms with E-state index < -0.39 is 18.0 Å². The van der Waals surface area contributed by atoms with Crippen LogP contribution in [0.25, 0.3) is 66.4 Å². The molecular weight excluding hydrogens is 855 g/mol. The molecule has 0 bridgehead atoms. The Morgan fingerprint density at radius 1 is 0.500 bits per heavy atom. The van der Waals surface area contributed by atoms with Crippen LogP contribution in [0.15, 0.2) is 106 Å². The fourth-order valence-electron chi connectivity index (χ4n) is 7.84. The Kier molecular flexibility index (Phi) is 13.9. The number of halogens is 2. The van der Waals surface area contributed by atoms with Crippen LogP contribution in [0.4, 0.5) is 0 Å². The van der Waals surface area contributed by atoms with Crippen LogP contribution in [0.1, 0.15) is 44.9 Å². The van der Waals surface area contributed by atoms with E-state index in [4.69, 9.17) is 35.3 Å². The summed E-state index contributed by atoms with van der Waals surface area (Å²) in [5.41, 5.74) is 14.2. The number of fused-ring (bicyclic) bond motifs is 2. The molecule has 0 radical (unpaired) electrons. The molecule has 0 amide bonds. The molecule has 0 spiro atoms. The Hall–Kier alpha value is -4.06. The predicted octanol–water partition coefficient (Wildman–Crippen LogP) is 15.6. The molecule has 0 saturated heterocycles. The van der Waals surface area contributed by atoms with Gasteiger partial charge in [0.15, 0.2) is 0 Å². The van der Waals surface area contributed by atoms with Gasteiger partial charge in [0.05, 0.1) is 37.3 Å². The van der Waals surface area contributed by atoms with Crippen molar-refractivity contribution in [2.24, 2.45) is 0 Å². The fourth-order valence-corrected chi connectivity index (χ4v) is 7.84. The summed E-state index contributed by atoms with van der Waals surface area (Å²) in [4.78, 5) is 0. The number of aryl methyl sites for hydroxylation is 8. The standard InChI is InChI=1S/2C24H23O2.C2H6Si.2ClH.Zr/c2*1-14-6-8-18-12-19(22-9-7-17(4)26-22)13-21(18)23(14)20-10-15(2)24(25-5)16(3)11-20;1-3-2;;;/h2*6-13H,1-5H3;1-2H3;2*1H;/q2*-1;;;;+2/p-2. The summed E-state index contributed by atoms with van der Waals surface area (Å²) in [5.74, 6) is 5.64. The Balaban J connectivity index is 0.000000172. The topological polar surface area (TPSA) is 44.7 Å². The first-order valence-electron chi connectivity index (χ1n) is 19.4. The van der Waals surface area contributed by atoms with Crippen molar-refractivity contribution < 1.29 is 36.3 Å². The average molecular weight is 907 g/mol. The second-order valence-electron chi connectivity index (χ2n) is 15.4. The summed E-state index contributed by atoms with van der Waals surface area (Å²) < 4.78 is 22.7. The van der Waals surface area contributed by atoms with Crippen LogP contribution in [-0.4, -0.2) is 19.7 Å². The van der Waals surface area contributed by atoms with Crippen LogP contribution in [-0.2, 0) is 18.0 Å². The van der Waals surface area contributed by atoms with E-state index in [1.54, 1.807) is 14.2 Å². The molecule has 4 nitrogen and oxygen atoms in total. The molecule has 0 fully saturated rings. The minimum absolute atomic E-state index is 0.224. The van der Waals surface area contributed by atoms with Crippen molar-refractivity contribution in [3.8, 4) is 56.4 Å². The normalized spacial score (nSPS) is 10.9. The number of rotatable bonds is 6. The molecule has 0 N–H and O–H groups in total. The van der Waals surface area contributed by atoms with Crippen molar-refractivity contribution in [3.63, 3.8) is 0 Å². The Bertz CT molecular complexity index is 2550. The van der Waals surface area contributed by atoms with Crippen LogP contribution in [0.3, 0.4) is 0 Å². The third kappa shape index (κ3) is 9.37. The van der Waals surface area contributed by atoms with Crippen molar-refractivity contribution >= 4 is 44.0 Å². The van der Waals surface area contributed by atoms with E-state index >= 15 is 0 Å². The summed E-state index contributed by atoms with van der Waals surface area (Å²) in [5, 5.41) is 5.00. The third-order valence-electron chi connectivity index (χ3n) is 10.5. The summed E-state index contributed by atoms with van der Waals surface area (Å²) >= 11 is -1.65. The maximum atomic E-state index is 5.83. The summed E-state index contributed by atoms with van der Waals surface area (Å²) in [6, 6.07) is 34.7. The summed E-state index contributed by atoms with van der Waals surface area (Å²) in [6.07, 6.45) is 0. The number of furan rings is 2. The van der Waals surface area contributed by atoms with Gasteiger partial charge in [0.1, 0.15) is 11.5 Å². The third-order valence-corrected chi connectivity index (χ3v) is 30.3. The first kappa shape index (κ1) is 43.5. The Morgan fingerprint density at radius 2 is 0.845 bits per heavy atom. The summed E-state index contributed by atoms with van der Waals surface area (Å²) in [6.45, 7) is 21.0. The SMILES string of the molecule is COc1c(C)cc(-c2c(C)ccc3[cH-]c(-c4ccc(C)o4)cc23)cc1C.COc1c(C)cc(-c2c(C)ccc3[cH-]c(-c4ccc(C)o4)cc23)cc1C.C[Si](C)=[Zr]([Cl])[Cl]. The fraction of sp³-hybridized carbons (Fsp3) is 0.240. The molecule has 58 heavy (non-hydrogen) atoms. The molecule has 0 aliphatic heterocycles. The first-order chi connectivity index (χ1) is 27.6. The zero-order valence-electron chi connectivity index (χ0n) is 35.6. The first-order valence-corrected chi connectivity index (χ1v) is 31.9. The van der Waals surface area contributed by atoms with Gasteiger partial charge in [-0.05, 0) is 148 Å². The van der Waals surface area contributed by atoms with Crippen LogP contribution in [0.5, 0.6) is 11.5 Å². The molecule has 8 heteroatoms. The molecule has 8 rings (SSSR count). The molecule has 8 aromatic rings. The van der Waals surface area contributed by atoms with Crippen molar-refractivity contribution in [3.05, 3.63) is 142 Å². The minimum atomic E-state index is -1.65. The zero-order chi connectivity index (χ0) is 42.0. The van der Waals surface area contributed by atoms with Gasteiger partial charge in [-0.15, -0.1) is 57.9 Å². The van der Waals surface area contributed by atoms with E-state index in [2.05, 4.69) is 127 Å². The average Bonchev–Trinajstić information content (AvgIpc) is 3.98. The summed E-state index contributed by atoms with van der Waals surface area (Å²) in [7, 11) is 14.7. The second kappa shape index (κ2) is 18.5. The second-order valence-corrected chi connectivity index (χ2v) is 38.4. The molecule has 0 aliphatic rings. The van der Waals surface area contributed by atoms with Crippen LogP contribution < -0.4 is 9.47 Å². The van der Waals surface area contributed by atoms with E-state index in [0.29, 0.717) is 0 Å². The zero-order valence-corrected chi connectivity index (χ0v) is 40.6. The maximum absolute atomic E-state index is 5.83. The Morgan fingerprint density at radius 3 is 1.12 bits per heavy atom. The molecule has 0 atom stereocenters. The number of ether oxygens (including phenoxy) is 2. The van der Waals surface area contributed by atoms with E-state index in [1.807, 2.05) is 38.1 Å². The molecular formula is C50H52Cl2O4SiZr-2. The van der Waals surface area contributed by atoms with Gasteiger partial charge in [0.2, 0.25) is 0 Å². The van der Waals surface area contributed by atoms with Gasteiger partial charge in [-0.2, -0.15) is 0 Å². The van der Waals surface area contributed by atoms with Crippen LogP contribution >= 0.6 is 17.0 Å². The molecule has 2 aromatic heterocycles. The monoisotopic (exact) mass is 904 g/mol. The van der Waals surface area contributed by atoms with E-state index in [-0.39, 0.29) is 5.43 Å². The number of methoxy groups -OCH3 is 2. The number of benzene rings is 4. The molecule has 0 saturated carbocycles. The van der Waals surface area contributed by atoms with Crippen LogP contribution in [0.2, 0.25) is 13.1 Å². The van der Waals surface area contributed by atoms with Gasteiger partial charge in [-0.25, -0.2) is 0 Å². The molecule has 300 valence electrons. The predicted molar refractivity (Wildman–Crippen MR) is 246 cm³/mol. The number of hydrogen-bond donors (Lipinski definition) is 0. The van der Waals surface area contributed by atoms with Gasteiger partial charge in [0, 0.05) is 0 Å². The van der Waals surface area contributed by atoms with Crippen LogP contribution in [0, 0.1) is 55.4 Å². The van der Waals surface area contributed by atoms with Gasteiger partial charge in [-0.3, -0.25) is 0 Å². The van der Waals surface area contributed by atoms with Crippen molar-refractivity contribution in [1.29, 1.82) is 0 Å². The van der Waals surface area contributed by atoms with Gasteiger partial charge < -0.3 is 18.3 Å². The van der Waals surface area contributed by atoms with E-state index in [0.717, 1.165) is 67.9 Å².